The van der Waals surface area contributed by atoms with Gasteiger partial charge in [0.25, 0.3) is 0 Å². The molecule has 2 aromatic carbocycles. The number of nitrogens with one attached hydrogen (secondary N) is 1. The predicted octanol–water partition coefficient (Wildman–Crippen LogP) is 3.59. The third-order valence-electron chi connectivity index (χ3n) is 5.60. The Hall–Kier alpha value is -3.48. The normalized spacial score (nSPS) is 16.6. The largest absolute Gasteiger partial charge is 0.497 e. The first-order valence-corrected chi connectivity index (χ1v) is 10.6. The predicted molar refractivity (Wildman–Crippen MR) is 123 cm³/mol. The summed E-state index contributed by atoms with van der Waals surface area (Å²) in [6, 6.07) is 12.4. The lowest BCUT2D eigenvalue weighted by Crippen LogP contribution is -2.46. The number of amides is 2. The molecule has 0 aliphatic carbocycles. The highest BCUT2D eigenvalue weighted by atomic mass is 16.5. The molecule has 2 amide bonds. The summed E-state index contributed by atoms with van der Waals surface area (Å²) in [4.78, 5) is 27.3. The summed E-state index contributed by atoms with van der Waals surface area (Å²) in [6.45, 7) is 2.37. The molecule has 3 rings (SSSR count). The minimum absolute atomic E-state index is 0.0588. The van der Waals surface area contributed by atoms with E-state index in [1.807, 2.05) is 47.4 Å². The first kappa shape index (κ1) is 23.2. The molecule has 2 atom stereocenters. The lowest BCUT2D eigenvalue weighted by Gasteiger charge is -2.28. The van der Waals surface area contributed by atoms with Crippen LogP contribution in [-0.4, -0.2) is 50.6 Å². The minimum Gasteiger partial charge on any atom is -0.497 e. The summed E-state index contributed by atoms with van der Waals surface area (Å²) in [6.07, 6.45) is 4.90. The van der Waals surface area contributed by atoms with Gasteiger partial charge in [0.2, 0.25) is 11.8 Å². The second-order valence-electron chi connectivity index (χ2n) is 7.64. The number of likely N-dealkylation sites (tertiary alicyclic amines) is 1. The van der Waals surface area contributed by atoms with Gasteiger partial charge < -0.3 is 24.4 Å². The van der Waals surface area contributed by atoms with Gasteiger partial charge >= 0.3 is 0 Å². The smallest absolute Gasteiger partial charge is 0.245 e. The number of hydrogen-bond acceptors (Lipinski definition) is 5. The molecule has 1 heterocycles. The monoisotopic (exact) mass is 438 g/mol. The molecule has 1 aliphatic heterocycles. The fourth-order valence-corrected chi connectivity index (χ4v) is 3.90. The molecule has 1 saturated heterocycles. The number of carbonyl (C=O) groups excluding carboxylic acids is 2. The van der Waals surface area contributed by atoms with Crippen LogP contribution in [0.5, 0.6) is 17.2 Å². The summed E-state index contributed by atoms with van der Waals surface area (Å²) in [7, 11) is 4.79. The van der Waals surface area contributed by atoms with Gasteiger partial charge in [-0.15, -0.1) is 0 Å². The fourth-order valence-electron chi connectivity index (χ4n) is 3.90. The lowest BCUT2D eigenvalue weighted by molar-refractivity contribution is -0.136. The molecule has 1 aliphatic rings. The molecule has 32 heavy (non-hydrogen) atoms. The second-order valence-corrected chi connectivity index (χ2v) is 7.64. The van der Waals surface area contributed by atoms with Gasteiger partial charge in [-0.05, 0) is 61.2 Å². The Bertz CT molecular complexity index is 971. The van der Waals surface area contributed by atoms with Crippen LogP contribution in [0.25, 0.3) is 6.08 Å². The maximum atomic E-state index is 13.1. The van der Waals surface area contributed by atoms with Crippen molar-refractivity contribution in [3.05, 3.63) is 59.7 Å². The number of nitrogens with zero attached hydrogens (tertiary/aromatic N) is 1. The summed E-state index contributed by atoms with van der Waals surface area (Å²) in [5.41, 5.74) is 1.86. The highest BCUT2D eigenvalue weighted by Crippen LogP contribution is 2.37. The van der Waals surface area contributed by atoms with Crippen molar-refractivity contribution in [3.8, 4) is 17.2 Å². The van der Waals surface area contributed by atoms with Crippen LogP contribution in [0.2, 0.25) is 0 Å². The molecule has 1 N–H and O–H groups in total. The maximum Gasteiger partial charge on any atom is 0.245 e. The zero-order valence-electron chi connectivity index (χ0n) is 19.0. The Kier molecular flexibility index (Phi) is 7.76. The number of benzene rings is 2. The maximum absolute atomic E-state index is 13.1. The second kappa shape index (κ2) is 10.7. The zero-order valence-corrected chi connectivity index (χ0v) is 19.0. The van der Waals surface area contributed by atoms with Gasteiger partial charge in [0.15, 0.2) is 11.5 Å². The highest BCUT2D eigenvalue weighted by Gasteiger charge is 2.33. The van der Waals surface area contributed by atoms with Crippen LogP contribution >= 0.6 is 0 Å². The number of hydrogen-bond donors (Lipinski definition) is 1. The topological polar surface area (TPSA) is 77.1 Å². The van der Waals surface area contributed by atoms with Crippen molar-refractivity contribution in [1.82, 2.24) is 10.2 Å². The molecule has 0 aromatic heterocycles. The van der Waals surface area contributed by atoms with Crippen molar-refractivity contribution in [3.63, 3.8) is 0 Å². The highest BCUT2D eigenvalue weighted by molar-refractivity contribution is 5.95. The number of rotatable bonds is 8. The molecule has 0 spiro atoms. The lowest BCUT2D eigenvalue weighted by atomic mass is 10.0. The number of ether oxygens (including phenoxy) is 3. The summed E-state index contributed by atoms with van der Waals surface area (Å²) >= 11 is 0. The van der Waals surface area contributed by atoms with Crippen molar-refractivity contribution in [1.29, 1.82) is 0 Å². The van der Waals surface area contributed by atoms with Crippen molar-refractivity contribution in [2.24, 2.45) is 0 Å². The molecule has 2 unspecified atom stereocenters. The molecule has 1 fully saturated rings. The molecule has 7 heteroatoms. The van der Waals surface area contributed by atoms with Gasteiger partial charge in [-0.25, -0.2) is 0 Å². The molecule has 0 saturated carbocycles. The standard InChI is InChI=1S/C25H30N2O5/c1-17(26-24(28)14-9-18-7-11-20(30-2)12-8-18)25(29)27-15-5-6-21(27)19-10-13-22(31-3)23(16-19)32-4/h7-14,16-17,21H,5-6,15H2,1-4H3,(H,26,28)/b14-9+. The van der Waals surface area contributed by atoms with Crippen LogP contribution in [0.1, 0.15) is 36.9 Å². The van der Waals surface area contributed by atoms with Crippen LogP contribution in [0.3, 0.4) is 0 Å². The zero-order chi connectivity index (χ0) is 23.1. The Morgan fingerprint density at radius 2 is 1.75 bits per heavy atom. The Labute approximate surface area is 189 Å². The van der Waals surface area contributed by atoms with E-state index in [2.05, 4.69) is 5.32 Å². The van der Waals surface area contributed by atoms with Gasteiger partial charge in [0, 0.05) is 12.6 Å². The average Bonchev–Trinajstić information content (AvgIpc) is 3.32. The summed E-state index contributed by atoms with van der Waals surface area (Å²) < 4.78 is 15.8. The van der Waals surface area contributed by atoms with Crippen LogP contribution in [-0.2, 0) is 9.59 Å². The molecule has 0 radical (unpaired) electrons. The Morgan fingerprint density at radius 3 is 2.41 bits per heavy atom. The molecule has 2 aromatic rings. The fraction of sp³-hybridized carbons (Fsp3) is 0.360. The first-order valence-electron chi connectivity index (χ1n) is 10.6. The van der Waals surface area contributed by atoms with Crippen molar-refractivity contribution >= 4 is 17.9 Å². The Balaban J connectivity index is 1.63. The van der Waals surface area contributed by atoms with Gasteiger partial charge in [-0.2, -0.15) is 0 Å². The number of methoxy groups -OCH3 is 3. The van der Waals surface area contributed by atoms with E-state index in [1.54, 1.807) is 34.3 Å². The molecule has 0 bridgehead atoms. The first-order chi connectivity index (χ1) is 15.5. The van der Waals surface area contributed by atoms with E-state index < -0.39 is 6.04 Å². The van der Waals surface area contributed by atoms with Crippen LogP contribution in [0.4, 0.5) is 0 Å². The van der Waals surface area contributed by atoms with Gasteiger partial charge in [0.1, 0.15) is 11.8 Å². The summed E-state index contributed by atoms with van der Waals surface area (Å²) in [5.74, 6) is 1.61. The van der Waals surface area contributed by atoms with E-state index >= 15 is 0 Å². The minimum atomic E-state index is -0.635. The van der Waals surface area contributed by atoms with Crippen LogP contribution in [0, 0.1) is 0 Å². The van der Waals surface area contributed by atoms with E-state index in [1.165, 1.54) is 6.08 Å². The third-order valence-corrected chi connectivity index (χ3v) is 5.60. The van der Waals surface area contributed by atoms with Crippen LogP contribution < -0.4 is 19.5 Å². The van der Waals surface area contributed by atoms with E-state index in [-0.39, 0.29) is 17.9 Å². The number of carbonyl (C=O) groups is 2. The quantitative estimate of drug-likeness (QED) is 0.638. The SMILES string of the molecule is COc1ccc(/C=C/C(=O)NC(C)C(=O)N2CCCC2c2ccc(OC)c(OC)c2)cc1. The van der Waals surface area contributed by atoms with E-state index in [0.29, 0.717) is 18.0 Å². The van der Waals surface area contributed by atoms with Gasteiger partial charge in [0.05, 0.1) is 27.4 Å². The van der Waals surface area contributed by atoms with Gasteiger partial charge in [-0.3, -0.25) is 9.59 Å². The van der Waals surface area contributed by atoms with Crippen molar-refractivity contribution < 1.29 is 23.8 Å². The molecular formula is C25H30N2O5. The van der Waals surface area contributed by atoms with Crippen LogP contribution in [0.15, 0.2) is 48.5 Å². The summed E-state index contributed by atoms with van der Waals surface area (Å²) in [5, 5.41) is 2.78. The molecule has 170 valence electrons. The molecular weight excluding hydrogens is 408 g/mol. The van der Waals surface area contributed by atoms with Crippen molar-refractivity contribution in [2.45, 2.75) is 31.8 Å². The Morgan fingerprint density at radius 1 is 1.03 bits per heavy atom. The average molecular weight is 439 g/mol. The molecule has 7 nitrogen and oxygen atoms in total. The van der Waals surface area contributed by atoms with E-state index in [0.717, 1.165) is 29.7 Å². The third kappa shape index (κ3) is 5.41. The van der Waals surface area contributed by atoms with Crippen molar-refractivity contribution in [2.75, 3.05) is 27.9 Å². The van der Waals surface area contributed by atoms with Gasteiger partial charge in [-0.1, -0.05) is 18.2 Å². The van der Waals surface area contributed by atoms with E-state index in [9.17, 15) is 9.59 Å². The van der Waals surface area contributed by atoms with E-state index in [4.69, 9.17) is 14.2 Å².